The molecule has 0 aliphatic heterocycles. The first-order valence-electron chi connectivity index (χ1n) is 22.2. The molecule has 2 atom stereocenters. The van der Waals surface area contributed by atoms with E-state index in [1.54, 1.807) is 0 Å². The van der Waals surface area contributed by atoms with Crippen molar-refractivity contribution in [3.05, 3.63) is 0 Å². The lowest BCUT2D eigenvalue weighted by molar-refractivity contribution is -0.254. The molecule has 0 bridgehead atoms. The van der Waals surface area contributed by atoms with Crippen molar-refractivity contribution in [2.75, 3.05) is 26.4 Å². The first kappa shape index (κ1) is 53.1. The van der Waals surface area contributed by atoms with Crippen molar-refractivity contribution in [3.8, 4) is 0 Å². The van der Waals surface area contributed by atoms with E-state index in [4.69, 9.17) is 24.4 Å². The molecule has 0 saturated carbocycles. The maximum atomic E-state index is 12.8. The summed E-state index contributed by atoms with van der Waals surface area (Å²) >= 11 is 0. The normalized spacial score (nSPS) is 13.8. The molecule has 1 radical (unpaired) electrons. The molecule has 4 N–H and O–H groups in total. The Morgan fingerprint density at radius 1 is 0.537 bits per heavy atom. The number of carbonyl (C=O) groups is 2. The van der Waals surface area contributed by atoms with Crippen molar-refractivity contribution in [2.24, 2.45) is 5.90 Å². The molecule has 0 spiro atoms. The van der Waals surface area contributed by atoms with Crippen molar-refractivity contribution in [1.29, 1.82) is 0 Å². The lowest BCUT2D eigenvalue weighted by Gasteiger charge is -2.24. The predicted octanol–water partition coefficient (Wildman–Crippen LogP) is 10.3. The second-order valence-corrected chi connectivity index (χ2v) is 16.8. The Hall–Kier alpha value is -0.910. The number of aliphatic hydroxyl groups excluding tert-OH is 2. The fraction of sp³-hybridized carbons (Fsp3) is 0.952. The molecule has 11 nitrogen and oxygen atoms in total. The van der Waals surface area contributed by atoms with Gasteiger partial charge in [-0.1, -0.05) is 198 Å². The molecule has 12 heteroatoms. The van der Waals surface area contributed by atoms with Gasteiger partial charge in [-0.15, -0.1) is 0 Å². The third-order valence-corrected chi connectivity index (χ3v) is 11.1. The summed E-state index contributed by atoms with van der Waals surface area (Å²) in [6.07, 6.45) is 35.1. The summed E-state index contributed by atoms with van der Waals surface area (Å²) in [5, 5.41) is 19.3. The number of ether oxygens (including phenoxy) is 2. The van der Waals surface area contributed by atoms with E-state index in [1.165, 1.54) is 141 Å². The minimum absolute atomic E-state index is 0.208. The van der Waals surface area contributed by atoms with E-state index in [9.17, 15) is 24.7 Å². The SMILES string of the molecule is CCCCCCCCCCCCCCCCCC(=O)O[C@@H](CO)CO[P+]([O-])(ON)OC[C@H](CO)OC(=[O+])CCCCCCCCCCCCCCCCC. The Kier molecular flexibility index (Phi) is 39.6. The monoisotopic (exact) mass is 794 g/mol. The van der Waals surface area contributed by atoms with Gasteiger partial charge in [-0.3, -0.25) is 4.79 Å². The van der Waals surface area contributed by atoms with Gasteiger partial charge in [0.05, 0.1) is 6.61 Å². The molecule has 321 valence electrons. The van der Waals surface area contributed by atoms with Crippen molar-refractivity contribution < 1.29 is 47.8 Å². The molecular formula is C42H84NO10P+. The summed E-state index contributed by atoms with van der Waals surface area (Å²) in [7, 11) is -4.36. The molecule has 0 aromatic carbocycles. The van der Waals surface area contributed by atoms with Crippen molar-refractivity contribution in [1.82, 2.24) is 0 Å². The molecule has 54 heavy (non-hydrogen) atoms. The number of rotatable bonds is 43. The van der Waals surface area contributed by atoms with E-state index < -0.39 is 58.7 Å². The Labute approximate surface area is 331 Å². The van der Waals surface area contributed by atoms with E-state index in [-0.39, 0.29) is 12.8 Å². The third kappa shape index (κ3) is 35.5. The summed E-state index contributed by atoms with van der Waals surface area (Å²) in [6.45, 7) is 2.40. The number of esters is 2. The number of phosphoric ester groups is 1. The van der Waals surface area contributed by atoms with Crippen LogP contribution < -0.4 is 10.8 Å². The lowest BCUT2D eigenvalue weighted by Crippen LogP contribution is -2.33. The zero-order valence-corrected chi connectivity index (χ0v) is 35.7. The van der Waals surface area contributed by atoms with Crippen LogP contribution in [0.4, 0.5) is 0 Å². The van der Waals surface area contributed by atoms with Crippen LogP contribution in [0, 0.1) is 0 Å². The second-order valence-electron chi connectivity index (χ2n) is 15.1. The van der Waals surface area contributed by atoms with Crippen LogP contribution in [0.15, 0.2) is 0 Å². The van der Waals surface area contributed by atoms with Crippen LogP contribution in [-0.4, -0.2) is 60.8 Å². The Balaban J connectivity index is 3.98. The van der Waals surface area contributed by atoms with Crippen LogP contribution in [-0.2, 0) is 32.7 Å². The van der Waals surface area contributed by atoms with Crippen LogP contribution in [0.5, 0.6) is 0 Å². The Bertz CT molecular complexity index is 764. The third-order valence-electron chi connectivity index (χ3n) is 9.94. The first-order chi connectivity index (χ1) is 26.3. The average molecular weight is 794 g/mol. The lowest BCUT2D eigenvalue weighted by atomic mass is 10.0. The van der Waals surface area contributed by atoms with E-state index in [0.717, 1.165) is 38.5 Å². The number of phosphoric acid groups is 1. The summed E-state index contributed by atoms with van der Waals surface area (Å²) in [6, 6.07) is 0. The summed E-state index contributed by atoms with van der Waals surface area (Å²) < 4.78 is 25.3. The Morgan fingerprint density at radius 2 is 0.833 bits per heavy atom. The van der Waals surface area contributed by atoms with Gasteiger partial charge in [0, 0.05) is 11.2 Å². The molecule has 0 amide bonds. The summed E-state index contributed by atoms with van der Waals surface area (Å²) in [5.41, 5.74) is 0. The van der Waals surface area contributed by atoms with Gasteiger partial charge in [-0.25, -0.2) is 0 Å². The largest absolute Gasteiger partial charge is 0.604 e. The van der Waals surface area contributed by atoms with Gasteiger partial charge in [0.15, 0.2) is 12.7 Å². The van der Waals surface area contributed by atoms with Gasteiger partial charge < -0.3 is 24.6 Å². The van der Waals surface area contributed by atoms with Crippen molar-refractivity contribution >= 4 is 20.1 Å². The van der Waals surface area contributed by atoms with Gasteiger partial charge in [0.2, 0.25) is 6.10 Å². The summed E-state index contributed by atoms with van der Waals surface area (Å²) in [5.74, 6) is 4.18. The molecule has 0 heterocycles. The molecule has 0 aromatic heterocycles. The van der Waals surface area contributed by atoms with Crippen LogP contribution in [0.1, 0.15) is 219 Å². The van der Waals surface area contributed by atoms with Gasteiger partial charge >= 0.3 is 20.1 Å². The molecule has 0 rings (SSSR count). The molecule has 0 aliphatic rings. The minimum atomic E-state index is -4.36. The van der Waals surface area contributed by atoms with E-state index in [0.29, 0.717) is 12.8 Å². The second kappa shape index (κ2) is 40.3. The van der Waals surface area contributed by atoms with Crippen LogP contribution in [0.25, 0.3) is 0 Å². The molecule has 0 unspecified atom stereocenters. The fourth-order valence-electron chi connectivity index (χ4n) is 6.47. The number of nitrogens with two attached hydrogens (primary N) is 1. The molecule has 0 saturated heterocycles. The van der Waals surface area contributed by atoms with Gasteiger partial charge in [-0.05, 0) is 12.8 Å². The van der Waals surface area contributed by atoms with Gasteiger partial charge in [0.25, 0.3) is 0 Å². The highest BCUT2D eigenvalue weighted by atomic mass is 31.2. The van der Waals surface area contributed by atoms with Crippen molar-refractivity contribution in [2.45, 2.75) is 232 Å². The predicted molar refractivity (Wildman–Crippen MR) is 217 cm³/mol. The maximum absolute atomic E-state index is 12.8. The van der Waals surface area contributed by atoms with E-state index in [2.05, 4.69) is 18.5 Å². The average Bonchev–Trinajstić information content (AvgIpc) is 3.17. The molecule has 0 aliphatic carbocycles. The first-order valence-corrected chi connectivity index (χ1v) is 23.7. The number of unbranched alkanes of at least 4 members (excludes halogenated alkanes) is 28. The van der Waals surface area contributed by atoms with Crippen LogP contribution in [0.2, 0.25) is 0 Å². The number of hydrogen-bond acceptors (Lipinski definition) is 11. The van der Waals surface area contributed by atoms with Gasteiger partial charge in [0.1, 0.15) is 19.6 Å². The van der Waals surface area contributed by atoms with E-state index in [1.807, 2.05) is 0 Å². The standard InChI is InChI=1S/C42H84NO10P/c1-3-5-7-9-11-13-15-17-19-21-23-25-27-29-31-33-41(46)51-39(35-44)37-49-54(48,53-43)50-38-40(36-45)52-42(47)34-32-30-28-26-24-22-20-18-16-14-12-10-8-6-4-2/h39-40,44-45H,3-38,43H2,1-2H3/q+1/t39-,40-/m0/s1. The highest BCUT2D eigenvalue weighted by Gasteiger charge is 2.38. The number of aliphatic hydroxyl groups is 2. The fourth-order valence-corrected chi connectivity index (χ4v) is 7.36. The van der Waals surface area contributed by atoms with E-state index >= 15 is 0 Å². The highest BCUT2D eigenvalue weighted by Crippen LogP contribution is 2.52. The topological polar surface area (TPSA) is 173 Å². The zero-order chi connectivity index (χ0) is 39.8. The van der Waals surface area contributed by atoms with Crippen molar-refractivity contribution in [3.63, 3.8) is 0 Å². The smallest absolute Gasteiger partial charge is 0.574 e. The zero-order valence-electron chi connectivity index (χ0n) is 34.8. The Morgan fingerprint density at radius 3 is 1.15 bits per heavy atom. The number of hydrogen-bond donors (Lipinski definition) is 3. The molecule has 0 fully saturated rings. The number of carbonyl (C=O) groups excluding carboxylic acids is 2. The molecule has 0 aromatic rings. The highest BCUT2D eigenvalue weighted by molar-refractivity contribution is 7.53. The minimum Gasteiger partial charge on any atom is -0.604 e. The maximum Gasteiger partial charge on any atom is 0.574 e. The quantitative estimate of drug-likeness (QED) is 0.0176. The van der Waals surface area contributed by atoms with Crippen LogP contribution >= 0.6 is 8.17 Å². The van der Waals surface area contributed by atoms with Crippen LogP contribution in [0.3, 0.4) is 0 Å². The molecular weight excluding hydrogens is 709 g/mol. The summed E-state index contributed by atoms with van der Waals surface area (Å²) in [4.78, 5) is 37.4. The van der Waals surface area contributed by atoms with Gasteiger partial charge in [-0.2, -0.15) is 14.9 Å².